The molecule has 4 heterocycles. The van der Waals surface area contributed by atoms with E-state index in [0.29, 0.717) is 0 Å². The molecule has 0 unspecified atom stereocenters. The van der Waals surface area contributed by atoms with Gasteiger partial charge >= 0.3 is 0 Å². The fraction of sp³-hybridized carbons (Fsp3) is 0.129. The van der Waals surface area contributed by atoms with Crippen LogP contribution in [0.5, 0.6) is 0 Å². The van der Waals surface area contributed by atoms with Gasteiger partial charge in [0.25, 0.3) is 6.71 Å². The van der Waals surface area contributed by atoms with Gasteiger partial charge in [-0.15, -0.1) is 22.7 Å². The van der Waals surface area contributed by atoms with Gasteiger partial charge in [0.2, 0.25) is 0 Å². The number of nitrogens with zero attached hydrogens (tertiary/aromatic N) is 2. The van der Waals surface area contributed by atoms with Crippen molar-refractivity contribution in [1.29, 1.82) is 0 Å². The highest BCUT2D eigenvalue weighted by Crippen LogP contribution is 2.55. The molecular weight excluding hydrogens is 848 g/mol. The van der Waals surface area contributed by atoms with E-state index in [1.54, 1.807) is 0 Å². The second-order valence-corrected chi connectivity index (χ2v) is 21.3. The number of fused-ring (bicyclic) bond motifs is 14. The molecule has 11 aromatic rings. The molecule has 318 valence electrons. The number of thiophene rings is 2. The lowest BCUT2D eigenvalue weighted by atomic mass is 9.33. The van der Waals surface area contributed by atoms with Gasteiger partial charge in [-0.2, -0.15) is 0 Å². The molecule has 0 spiro atoms. The third-order valence-corrected chi connectivity index (χ3v) is 17.9. The van der Waals surface area contributed by atoms with Crippen LogP contribution in [0.25, 0.3) is 62.6 Å². The smallest absolute Gasteiger partial charge is 0.252 e. The van der Waals surface area contributed by atoms with Gasteiger partial charge in [-0.1, -0.05) is 127 Å². The van der Waals surface area contributed by atoms with E-state index in [1.807, 2.05) is 22.7 Å². The highest BCUT2D eigenvalue weighted by Gasteiger charge is 2.46. The summed E-state index contributed by atoms with van der Waals surface area (Å²) in [7, 11) is 0. The number of hydrogen-bond donors (Lipinski definition) is 0. The fourth-order valence-corrected chi connectivity index (χ4v) is 15.1. The van der Waals surface area contributed by atoms with Crippen molar-refractivity contribution in [2.24, 2.45) is 0 Å². The summed E-state index contributed by atoms with van der Waals surface area (Å²) >= 11 is 3.85. The molecule has 2 aliphatic heterocycles. The van der Waals surface area contributed by atoms with E-state index in [2.05, 4.69) is 186 Å². The van der Waals surface area contributed by atoms with Crippen LogP contribution in [0, 0.1) is 0 Å². The molecule has 67 heavy (non-hydrogen) atoms. The molecule has 0 fully saturated rings. The molecule has 2 nitrogen and oxygen atoms in total. The minimum atomic E-state index is 0.00503. The molecule has 15 rings (SSSR count). The molecule has 0 atom stereocenters. The molecule has 2 aliphatic carbocycles. The van der Waals surface area contributed by atoms with Gasteiger partial charge in [-0.25, -0.2) is 0 Å². The third kappa shape index (κ3) is 5.50. The van der Waals surface area contributed by atoms with Gasteiger partial charge in [0.1, 0.15) is 0 Å². The Hall–Kier alpha value is -6.92. The summed E-state index contributed by atoms with van der Waals surface area (Å²) < 4.78 is 5.34. The van der Waals surface area contributed by atoms with Crippen molar-refractivity contribution in [3.63, 3.8) is 0 Å². The molecule has 5 heteroatoms. The standard InChI is InChI=1S/C62H45BN2S2/c1-3-18-40(19-4-1)56-42-22-9-7-16-38(42)30-34-48(56)64-50-26-15-27-51-60(50)63(46-32-36-54-58(61(46)64)44-24-11-13-28-52(44)66-54)47-33-37-55-59(45-25-12-14-29-53(45)67-55)62(47)65(51)49-35-31-39-17-8-10-23-43(39)57(49)41-20-5-2-6-21-41/h1-6,11-15,18-21,24-37H,7-10,16-17,22-23H2. The Morgan fingerprint density at radius 1 is 0.358 bits per heavy atom. The van der Waals surface area contributed by atoms with Gasteiger partial charge in [0, 0.05) is 62.8 Å². The van der Waals surface area contributed by atoms with Crippen LogP contribution in [0.3, 0.4) is 0 Å². The average molecular weight is 893 g/mol. The monoisotopic (exact) mass is 892 g/mol. The van der Waals surface area contributed by atoms with Crippen molar-refractivity contribution in [3.05, 3.63) is 198 Å². The van der Waals surface area contributed by atoms with Gasteiger partial charge in [0.05, 0.1) is 22.7 Å². The van der Waals surface area contributed by atoms with Crippen molar-refractivity contribution in [2.75, 3.05) is 9.80 Å². The lowest BCUT2D eigenvalue weighted by molar-refractivity contribution is 0.687. The summed E-state index contributed by atoms with van der Waals surface area (Å²) in [5, 5.41) is 5.39. The zero-order valence-electron chi connectivity index (χ0n) is 37.2. The van der Waals surface area contributed by atoms with Crippen molar-refractivity contribution in [2.45, 2.75) is 51.4 Å². The van der Waals surface area contributed by atoms with Crippen LogP contribution in [0.2, 0.25) is 0 Å². The second-order valence-electron chi connectivity index (χ2n) is 19.1. The van der Waals surface area contributed by atoms with Crippen molar-refractivity contribution >= 4 is 120 Å². The van der Waals surface area contributed by atoms with E-state index in [4.69, 9.17) is 0 Å². The third-order valence-electron chi connectivity index (χ3n) is 15.6. The number of rotatable bonds is 4. The zero-order chi connectivity index (χ0) is 43.7. The Bertz CT molecular complexity index is 3600. The molecule has 4 aliphatic rings. The Morgan fingerprint density at radius 3 is 1.30 bits per heavy atom. The van der Waals surface area contributed by atoms with E-state index in [-0.39, 0.29) is 6.71 Å². The Kier molecular flexibility index (Phi) is 8.44. The second kappa shape index (κ2) is 14.8. The first-order valence-corrected chi connectivity index (χ1v) is 25.9. The average Bonchev–Trinajstić information content (AvgIpc) is 3.97. The SMILES string of the molecule is c1ccc(-c2c(N3c4cccc5c4B(c4ccc6sc7ccccc7c6c43)c3ccc4sc6ccccc6c4c3N5c3ccc4c(c3-c3ccccc3)CCCC4)ccc3c2CCCC3)cc1. The molecule has 0 saturated carbocycles. The predicted molar refractivity (Wildman–Crippen MR) is 290 cm³/mol. The van der Waals surface area contributed by atoms with Crippen LogP contribution in [-0.4, -0.2) is 6.71 Å². The van der Waals surface area contributed by atoms with Crippen molar-refractivity contribution < 1.29 is 0 Å². The number of benzene rings is 9. The van der Waals surface area contributed by atoms with Crippen LogP contribution < -0.4 is 26.2 Å². The lowest BCUT2D eigenvalue weighted by Crippen LogP contribution is -2.61. The van der Waals surface area contributed by atoms with E-state index >= 15 is 0 Å². The van der Waals surface area contributed by atoms with Gasteiger partial charge in [-0.3, -0.25) is 0 Å². The minimum Gasteiger partial charge on any atom is -0.310 e. The minimum absolute atomic E-state index is 0.00503. The maximum atomic E-state index is 2.73. The topological polar surface area (TPSA) is 6.48 Å². The maximum absolute atomic E-state index is 2.73. The lowest BCUT2D eigenvalue weighted by Gasteiger charge is -2.45. The molecule has 0 radical (unpaired) electrons. The quantitative estimate of drug-likeness (QED) is 0.162. The first-order valence-electron chi connectivity index (χ1n) is 24.3. The first kappa shape index (κ1) is 38.2. The van der Waals surface area contributed by atoms with Gasteiger partial charge in [-0.05, 0) is 150 Å². The summed E-state index contributed by atoms with van der Waals surface area (Å²) in [5.41, 5.74) is 23.3. The van der Waals surface area contributed by atoms with Crippen LogP contribution in [0.1, 0.15) is 47.9 Å². The molecule has 0 amide bonds. The van der Waals surface area contributed by atoms with Crippen molar-refractivity contribution in [3.8, 4) is 22.3 Å². The molecule has 2 aromatic heterocycles. The maximum Gasteiger partial charge on any atom is 0.252 e. The summed E-state index contributed by atoms with van der Waals surface area (Å²) in [6.07, 6.45) is 9.40. The highest BCUT2D eigenvalue weighted by molar-refractivity contribution is 7.26. The molecule has 0 N–H and O–H groups in total. The van der Waals surface area contributed by atoms with Crippen LogP contribution in [0.4, 0.5) is 34.1 Å². The Labute approximate surface area is 399 Å². The van der Waals surface area contributed by atoms with Crippen molar-refractivity contribution in [1.82, 2.24) is 0 Å². The normalized spacial score (nSPS) is 14.9. The van der Waals surface area contributed by atoms with Gasteiger partial charge < -0.3 is 9.80 Å². The molecule has 9 aromatic carbocycles. The van der Waals surface area contributed by atoms with E-state index < -0.39 is 0 Å². The van der Waals surface area contributed by atoms with Crippen LogP contribution >= 0.6 is 22.7 Å². The number of anilines is 6. The molecule has 0 saturated heterocycles. The summed E-state index contributed by atoms with van der Waals surface area (Å²) in [6.45, 7) is 0.00503. The number of hydrogen-bond acceptors (Lipinski definition) is 4. The summed E-state index contributed by atoms with van der Waals surface area (Å²) in [4.78, 5) is 5.46. The predicted octanol–water partition coefficient (Wildman–Crippen LogP) is 15.6. The zero-order valence-corrected chi connectivity index (χ0v) is 38.8. The van der Waals surface area contributed by atoms with E-state index in [0.717, 1.165) is 25.7 Å². The number of aryl methyl sites for hydroxylation is 2. The van der Waals surface area contributed by atoms with Crippen LogP contribution in [0.15, 0.2) is 176 Å². The molecular formula is C62H45BN2S2. The first-order chi connectivity index (χ1) is 33.3. The van der Waals surface area contributed by atoms with Crippen LogP contribution in [-0.2, 0) is 25.7 Å². The molecule has 0 bridgehead atoms. The Balaban J connectivity index is 1.11. The fourth-order valence-electron chi connectivity index (χ4n) is 12.9. The van der Waals surface area contributed by atoms with Gasteiger partial charge in [0.15, 0.2) is 0 Å². The Morgan fingerprint density at radius 2 is 0.806 bits per heavy atom. The largest absolute Gasteiger partial charge is 0.310 e. The van der Waals surface area contributed by atoms with E-state index in [1.165, 1.54) is 161 Å². The highest BCUT2D eigenvalue weighted by atomic mass is 32.1. The summed E-state index contributed by atoms with van der Waals surface area (Å²) in [6, 6.07) is 67.9. The summed E-state index contributed by atoms with van der Waals surface area (Å²) in [5.74, 6) is 0. The van der Waals surface area contributed by atoms with E-state index in [9.17, 15) is 0 Å².